The molecule has 1 saturated carbocycles. The molecule has 9 heavy (non-hydrogen) atoms. The second kappa shape index (κ2) is 3.25. The van der Waals surface area contributed by atoms with E-state index < -0.39 is 0 Å². The summed E-state index contributed by atoms with van der Waals surface area (Å²) in [4.78, 5) is 11.0. The van der Waals surface area contributed by atoms with Crippen molar-refractivity contribution >= 4 is 17.5 Å². The molecule has 0 aromatic rings. The van der Waals surface area contributed by atoms with Crippen LogP contribution >= 0.6 is 11.8 Å². The van der Waals surface area contributed by atoms with Crippen LogP contribution in [0.1, 0.15) is 19.3 Å². The van der Waals surface area contributed by atoms with Crippen molar-refractivity contribution in [1.29, 1.82) is 0 Å². The molecule has 1 aliphatic rings. The Morgan fingerprint density at radius 2 is 2.56 bits per heavy atom. The number of carbonyl (C=O) groups excluding carboxylic acids is 1. The molecular weight excluding hydrogens is 132 g/mol. The summed E-state index contributed by atoms with van der Waals surface area (Å²) in [5.41, 5.74) is 0. The Morgan fingerprint density at radius 3 is 3.00 bits per heavy atom. The highest BCUT2D eigenvalue weighted by Crippen LogP contribution is 2.23. The Balaban J connectivity index is 2.31. The average Bonchev–Trinajstić information content (AvgIpc) is 2.18. The molecule has 1 nitrogen and oxygen atoms in total. The molecule has 1 fully saturated rings. The highest BCUT2D eigenvalue weighted by atomic mass is 32.2. The Bertz CT molecular complexity index is 111. The molecular formula is C7H12OS. The van der Waals surface area contributed by atoms with E-state index in [1.165, 1.54) is 0 Å². The van der Waals surface area contributed by atoms with E-state index in [1.54, 1.807) is 11.8 Å². The minimum Gasteiger partial charge on any atom is -0.299 e. The lowest BCUT2D eigenvalue weighted by atomic mass is 10.1. The molecule has 1 rings (SSSR count). The van der Waals surface area contributed by atoms with Gasteiger partial charge in [0.2, 0.25) is 0 Å². The van der Waals surface area contributed by atoms with Crippen LogP contribution in [0.5, 0.6) is 0 Å². The molecule has 1 aliphatic carbocycles. The van der Waals surface area contributed by atoms with E-state index in [4.69, 9.17) is 0 Å². The van der Waals surface area contributed by atoms with Gasteiger partial charge in [-0.3, -0.25) is 4.79 Å². The first-order chi connectivity index (χ1) is 4.34. The quantitative estimate of drug-likeness (QED) is 0.587. The van der Waals surface area contributed by atoms with Gasteiger partial charge in [-0.05, 0) is 19.1 Å². The van der Waals surface area contributed by atoms with Crippen LogP contribution in [0.2, 0.25) is 0 Å². The van der Waals surface area contributed by atoms with Crippen molar-refractivity contribution in [3.63, 3.8) is 0 Å². The SMILES string of the molecule is CSCC1CCCC1=O. The standard InChI is InChI=1S/C7H12OS/c1-9-5-6-3-2-4-7(6)8/h6H,2-5H2,1H3. The van der Waals surface area contributed by atoms with Crippen molar-refractivity contribution < 1.29 is 4.79 Å². The summed E-state index contributed by atoms with van der Waals surface area (Å²) in [5, 5.41) is 0. The third-order valence-electron chi connectivity index (χ3n) is 1.80. The predicted molar refractivity (Wildman–Crippen MR) is 40.7 cm³/mol. The van der Waals surface area contributed by atoms with E-state index in [1.807, 2.05) is 0 Å². The first-order valence-electron chi connectivity index (χ1n) is 3.36. The minimum atomic E-state index is 0.403. The van der Waals surface area contributed by atoms with Gasteiger partial charge in [-0.25, -0.2) is 0 Å². The smallest absolute Gasteiger partial charge is 0.136 e. The number of ketones is 1. The largest absolute Gasteiger partial charge is 0.299 e. The van der Waals surface area contributed by atoms with Gasteiger partial charge in [-0.2, -0.15) is 11.8 Å². The van der Waals surface area contributed by atoms with Crippen LogP contribution in [0.15, 0.2) is 0 Å². The maximum atomic E-state index is 11.0. The predicted octanol–water partition coefficient (Wildman–Crippen LogP) is 1.72. The number of thioether (sulfide) groups is 1. The van der Waals surface area contributed by atoms with Crippen LogP contribution in [0.4, 0.5) is 0 Å². The Morgan fingerprint density at radius 1 is 1.78 bits per heavy atom. The maximum absolute atomic E-state index is 11.0. The van der Waals surface area contributed by atoms with Crippen molar-refractivity contribution in [2.45, 2.75) is 19.3 Å². The second-order valence-corrected chi connectivity index (χ2v) is 3.42. The fourth-order valence-electron chi connectivity index (χ4n) is 1.27. The molecule has 0 spiro atoms. The molecule has 0 heterocycles. The van der Waals surface area contributed by atoms with Crippen LogP contribution < -0.4 is 0 Å². The van der Waals surface area contributed by atoms with E-state index in [9.17, 15) is 4.79 Å². The highest BCUT2D eigenvalue weighted by Gasteiger charge is 2.22. The fraction of sp³-hybridized carbons (Fsp3) is 0.857. The fourth-order valence-corrected chi connectivity index (χ4v) is 2.02. The van der Waals surface area contributed by atoms with Crippen molar-refractivity contribution in [3.8, 4) is 0 Å². The van der Waals surface area contributed by atoms with Gasteiger partial charge in [0.05, 0.1) is 0 Å². The van der Waals surface area contributed by atoms with Crippen LogP contribution in [0, 0.1) is 5.92 Å². The lowest BCUT2D eigenvalue weighted by molar-refractivity contribution is -0.120. The monoisotopic (exact) mass is 144 g/mol. The summed E-state index contributed by atoms with van der Waals surface area (Å²) in [7, 11) is 0. The summed E-state index contributed by atoms with van der Waals surface area (Å²) in [5.74, 6) is 1.93. The molecule has 0 bridgehead atoms. The zero-order valence-corrected chi connectivity index (χ0v) is 6.54. The molecule has 2 heteroatoms. The van der Waals surface area contributed by atoms with Gasteiger partial charge in [-0.1, -0.05) is 0 Å². The molecule has 0 saturated heterocycles. The average molecular weight is 144 g/mol. The zero-order valence-electron chi connectivity index (χ0n) is 5.72. The van der Waals surface area contributed by atoms with Crippen LogP contribution in [0.3, 0.4) is 0 Å². The highest BCUT2D eigenvalue weighted by molar-refractivity contribution is 7.98. The number of hydrogen-bond acceptors (Lipinski definition) is 2. The van der Waals surface area contributed by atoms with Gasteiger partial charge >= 0.3 is 0 Å². The first-order valence-corrected chi connectivity index (χ1v) is 4.75. The normalized spacial score (nSPS) is 27.2. The Kier molecular flexibility index (Phi) is 2.58. The van der Waals surface area contributed by atoms with Crippen molar-refractivity contribution in [3.05, 3.63) is 0 Å². The lowest BCUT2D eigenvalue weighted by Gasteiger charge is -2.02. The Hall–Kier alpha value is 0.0200. The van der Waals surface area contributed by atoms with E-state index in [0.717, 1.165) is 25.0 Å². The van der Waals surface area contributed by atoms with E-state index in [0.29, 0.717) is 11.7 Å². The molecule has 0 aliphatic heterocycles. The molecule has 0 N–H and O–H groups in total. The Labute approximate surface area is 60.2 Å². The topological polar surface area (TPSA) is 17.1 Å². The maximum Gasteiger partial charge on any atom is 0.136 e. The van der Waals surface area contributed by atoms with E-state index in [-0.39, 0.29) is 0 Å². The van der Waals surface area contributed by atoms with E-state index >= 15 is 0 Å². The number of hydrogen-bond donors (Lipinski definition) is 0. The summed E-state index contributed by atoms with van der Waals surface area (Å²) in [6, 6.07) is 0. The molecule has 0 aromatic heterocycles. The minimum absolute atomic E-state index is 0.403. The molecule has 0 aromatic carbocycles. The first kappa shape index (κ1) is 7.13. The number of rotatable bonds is 2. The second-order valence-electron chi connectivity index (χ2n) is 2.51. The van der Waals surface area contributed by atoms with Crippen molar-refractivity contribution in [2.75, 3.05) is 12.0 Å². The van der Waals surface area contributed by atoms with Crippen LogP contribution in [-0.2, 0) is 4.79 Å². The molecule has 52 valence electrons. The lowest BCUT2D eigenvalue weighted by Crippen LogP contribution is -2.08. The summed E-state index contributed by atoms with van der Waals surface area (Å²) in [6.07, 6.45) is 5.17. The van der Waals surface area contributed by atoms with E-state index in [2.05, 4.69) is 6.26 Å². The van der Waals surface area contributed by atoms with Crippen molar-refractivity contribution in [1.82, 2.24) is 0 Å². The summed E-state index contributed by atoms with van der Waals surface area (Å²) in [6.45, 7) is 0. The molecule has 0 radical (unpaired) electrons. The molecule has 0 amide bonds. The van der Waals surface area contributed by atoms with Gasteiger partial charge < -0.3 is 0 Å². The third-order valence-corrected chi connectivity index (χ3v) is 2.53. The molecule has 1 unspecified atom stereocenters. The van der Waals surface area contributed by atoms with Gasteiger partial charge in [0, 0.05) is 18.1 Å². The van der Waals surface area contributed by atoms with Gasteiger partial charge in [0.25, 0.3) is 0 Å². The van der Waals surface area contributed by atoms with Crippen molar-refractivity contribution in [2.24, 2.45) is 5.92 Å². The third kappa shape index (κ3) is 1.71. The van der Waals surface area contributed by atoms with Gasteiger partial charge in [-0.15, -0.1) is 0 Å². The zero-order chi connectivity index (χ0) is 6.69. The summed E-state index contributed by atoms with van der Waals surface area (Å²) >= 11 is 1.78. The van der Waals surface area contributed by atoms with Crippen LogP contribution in [0.25, 0.3) is 0 Å². The number of carbonyl (C=O) groups is 1. The van der Waals surface area contributed by atoms with Crippen LogP contribution in [-0.4, -0.2) is 17.8 Å². The van der Waals surface area contributed by atoms with Gasteiger partial charge in [0.15, 0.2) is 0 Å². The number of Topliss-reactive ketones (excluding diaryl/α,β-unsaturated/α-hetero) is 1. The van der Waals surface area contributed by atoms with Gasteiger partial charge in [0.1, 0.15) is 5.78 Å². The molecule has 1 atom stereocenters. The summed E-state index contributed by atoms with van der Waals surface area (Å²) < 4.78 is 0.